The van der Waals surface area contributed by atoms with E-state index >= 15 is 0 Å². The molecule has 2 aliphatic rings. The summed E-state index contributed by atoms with van der Waals surface area (Å²) < 4.78 is 19.8. The molecular formula is C23H29FN2O2. The molecular weight excluding hydrogens is 355 g/mol. The Morgan fingerprint density at radius 2 is 1.96 bits per heavy atom. The van der Waals surface area contributed by atoms with E-state index in [1.54, 1.807) is 6.07 Å². The van der Waals surface area contributed by atoms with Crippen molar-refractivity contribution >= 4 is 5.91 Å². The quantitative estimate of drug-likeness (QED) is 0.749. The summed E-state index contributed by atoms with van der Waals surface area (Å²) in [5.41, 5.74) is 0.723. The Labute approximate surface area is 166 Å². The second-order valence-corrected chi connectivity index (χ2v) is 8.23. The van der Waals surface area contributed by atoms with Gasteiger partial charge in [-0.1, -0.05) is 25.1 Å². The Morgan fingerprint density at radius 3 is 2.75 bits per heavy atom. The second kappa shape index (κ2) is 8.48. The normalized spacial score (nSPS) is 22.9. The molecule has 2 atom stereocenters. The molecule has 150 valence electrons. The molecule has 0 N–H and O–H groups in total. The Bertz CT molecular complexity index is 818. The second-order valence-electron chi connectivity index (χ2n) is 8.23. The van der Waals surface area contributed by atoms with E-state index in [1.807, 2.05) is 23.1 Å². The van der Waals surface area contributed by atoms with Crippen molar-refractivity contribution < 1.29 is 13.6 Å². The summed E-state index contributed by atoms with van der Waals surface area (Å²) in [5, 5.41) is 0. The fraction of sp³-hybridized carbons (Fsp3) is 0.522. The molecule has 1 saturated heterocycles. The Morgan fingerprint density at radius 1 is 1.14 bits per heavy atom. The summed E-state index contributed by atoms with van der Waals surface area (Å²) in [5.74, 6) is 3.33. The molecule has 1 aromatic carbocycles. The van der Waals surface area contributed by atoms with Crippen LogP contribution in [0.3, 0.4) is 0 Å². The number of benzene rings is 1. The molecule has 2 unspecified atom stereocenters. The lowest BCUT2D eigenvalue weighted by Crippen LogP contribution is -2.35. The SMILES string of the molecule is CC1CC1c1ccc(CCC(=O)N2CCCN(Cc3ccccc3F)CC2)o1. The van der Waals surface area contributed by atoms with Gasteiger partial charge in [0.15, 0.2) is 0 Å². The average molecular weight is 384 g/mol. The Balaban J connectivity index is 1.25. The van der Waals surface area contributed by atoms with Crippen LogP contribution < -0.4 is 0 Å². The van der Waals surface area contributed by atoms with Gasteiger partial charge in [0.25, 0.3) is 0 Å². The maximum atomic E-state index is 13.9. The number of halogens is 1. The van der Waals surface area contributed by atoms with E-state index in [1.165, 1.54) is 12.5 Å². The van der Waals surface area contributed by atoms with Crippen LogP contribution >= 0.6 is 0 Å². The molecule has 0 bridgehead atoms. The minimum Gasteiger partial charge on any atom is -0.466 e. The third kappa shape index (κ3) is 4.64. The van der Waals surface area contributed by atoms with Crippen molar-refractivity contribution in [2.24, 2.45) is 5.92 Å². The first-order valence-corrected chi connectivity index (χ1v) is 10.4. The number of amides is 1. The predicted molar refractivity (Wildman–Crippen MR) is 106 cm³/mol. The van der Waals surface area contributed by atoms with Crippen molar-refractivity contribution in [3.05, 3.63) is 59.3 Å². The van der Waals surface area contributed by atoms with Crippen LogP contribution in [-0.2, 0) is 17.8 Å². The first-order valence-electron chi connectivity index (χ1n) is 10.4. The molecule has 1 aromatic heterocycles. The minimum atomic E-state index is -0.155. The summed E-state index contributed by atoms with van der Waals surface area (Å²) in [6.07, 6.45) is 3.28. The zero-order valence-corrected chi connectivity index (χ0v) is 16.6. The van der Waals surface area contributed by atoms with Gasteiger partial charge < -0.3 is 9.32 Å². The fourth-order valence-corrected chi connectivity index (χ4v) is 4.08. The monoisotopic (exact) mass is 384 g/mol. The van der Waals surface area contributed by atoms with Gasteiger partial charge in [0.1, 0.15) is 17.3 Å². The van der Waals surface area contributed by atoms with Crippen LogP contribution in [0.5, 0.6) is 0 Å². The number of hydrogen-bond donors (Lipinski definition) is 0. The van der Waals surface area contributed by atoms with Crippen molar-refractivity contribution in [3.63, 3.8) is 0 Å². The first kappa shape index (κ1) is 19.2. The molecule has 4 rings (SSSR count). The summed E-state index contributed by atoms with van der Waals surface area (Å²) in [6, 6.07) is 11.0. The molecule has 0 spiro atoms. The third-order valence-electron chi connectivity index (χ3n) is 6.04. The maximum absolute atomic E-state index is 13.9. The molecule has 1 aliphatic heterocycles. The standard InChI is InChI=1S/C23H29FN2O2/c1-17-15-20(17)22-9-7-19(28-22)8-10-23(27)26-12-4-11-25(13-14-26)16-18-5-2-3-6-21(18)24/h2-3,5-7,9,17,20H,4,8,10-16H2,1H3. The fourth-order valence-electron chi connectivity index (χ4n) is 4.08. The molecule has 2 heterocycles. The third-order valence-corrected chi connectivity index (χ3v) is 6.04. The average Bonchev–Trinajstić information content (AvgIpc) is 3.31. The number of nitrogens with zero attached hydrogens (tertiary/aromatic N) is 2. The van der Waals surface area contributed by atoms with Crippen molar-refractivity contribution in [1.82, 2.24) is 9.80 Å². The minimum absolute atomic E-state index is 0.155. The van der Waals surface area contributed by atoms with Gasteiger partial charge in [-0.25, -0.2) is 4.39 Å². The summed E-state index contributed by atoms with van der Waals surface area (Å²) in [4.78, 5) is 16.8. The smallest absolute Gasteiger partial charge is 0.223 e. The molecule has 1 saturated carbocycles. The van der Waals surface area contributed by atoms with Crippen molar-refractivity contribution in [1.29, 1.82) is 0 Å². The van der Waals surface area contributed by atoms with Crippen LogP contribution in [0.15, 0.2) is 40.8 Å². The molecule has 2 aromatic rings. The van der Waals surface area contributed by atoms with Crippen molar-refractivity contribution in [2.75, 3.05) is 26.2 Å². The van der Waals surface area contributed by atoms with Crippen molar-refractivity contribution in [2.45, 2.75) is 45.1 Å². The Kier molecular flexibility index (Phi) is 5.81. The van der Waals surface area contributed by atoms with Crippen LogP contribution in [0, 0.1) is 11.7 Å². The van der Waals surface area contributed by atoms with E-state index in [0.29, 0.717) is 31.8 Å². The first-order chi connectivity index (χ1) is 13.6. The lowest BCUT2D eigenvalue weighted by molar-refractivity contribution is -0.131. The van der Waals surface area contributed by atoms with Gasteiger partial charge in [0.2, 0.25) is 5.91 Å². The molecule has 28 heavy (non-hydrogen) atoms. The molecule has 1 amide bonds. The number of aryl methyl sites for hydroxylation is 1. The van der Waals surface area contributed by atoms with Crippen LogP contribution in [0.25, 0.3) is 0 Å². The van der Waals surface area contributed by atoms with Gasteiger partial charge in [0, 0.05) is 57.0 Å². The maximum Gasteiger partial charge on any atom is 0.223 e. The predicted octanol–water partition coefficient (Wildman–Crippen LogP) is 4.21. The zero-order valence-electron chi connectivity index (χ0n) is 16.6. The van der Waals surface area contributed by atoms with E-state index in [0.717, 1.165) is 49.1 Å². The van der Waals surface area contributed by atoms with Gasteiger partial charge in [-0.05, 0) is 37.0 Å². The van der Waals surface area contributed by atoms with Crippen LogP contribution in [-0.4, -0.2) is 41.9 Å². The summed E-state index contributed by atoms with van der Waals surface area (Å²) in [6.45, 7) is 5.99. The van der Waals surface area contributed by atoms with Crippen LogP contribution in [0.1, 0.15) is 49.2 Å². The summed E-state index contributed by atoms with van der Waals surface area (Å²) in [7, 11) is 0. The lowest BCUT2D eigenvalue weighted by Gasteiger charge is -2.22. The van der Waals surface area contributed by atoms with Gasteiger partial charge in [-0.2, -0.15) is 0 Å². The highest BCUT2D eigenvalue weighted by Gasteiger charge is 2.36. The molecule has 5 heteroatoms. The zero-order chi connectivity index (χ0) is 19.5. The van der Waals surface area contributed by atoms with Gasteiger partial charge in [-0.3, -0.25) is 9.69 Å². The molecule has 4 nitrogen and oxygen atoms in total. The van der Waals surface area contributed by atoms with E-state index in [2.05, 4.69) is 17.9 Å². The van der Waals surface area contributed by atoms with E-state index in [9.17, 15) is 9.18 Å². The van der Waals surface area contributed by atoms with Crippen LogP contribution in [0.4, 0.5) is 4.39 Å². The summed E-state index contributed by atoms with van der Waals surface area (Å²) >= 11 is 0. The molecule has 0 radical (unpaired) electrons. The highest BCUT2D eigenvalue weighted by Crippen LogP contribution is 2.47. The van der Waals surface area contributed by atoms with Gasteiger partial charge in [0.05, 0.1) is 0 Å². The molecule has 2 fully saturated rings. The molecule has 1 aliphatic carbocycles. The highest BCUT2D eigenvalue weighted by molar-refractivity contribution is 5.76. The van der Waals surface area contributed by atoms with E-state index < -0.39 is 0 Å². The number of hydrogen-bond acceptors (Lipinski definition) is 3. The number of carbonyl (C=O) groups excluding carboxylic acids is 1. The lowest BCUT2D eigenvalue weighted by atomic mass is 10.2. The van der Waals surface area contributed by atoms with Crippen LogP contribution in [0.2, 0.25) is 0 Å². The van der Waals surface area contributed by atoms with Crippen molar-refractivity contribution in [3.8, 4) is 0 Å². The topological polar surface area (TPSA) is 36.7 Å². The number of carbonyl (C=O) groups is 1. The highest BCUT2D eigenvalue weighted by atomic mass is 19.1. The number of rotatable bonds is 6. The van der Waals surface area contributed by atoms with Gasteiger partial charge >= 0.3 is 0 Å². The largest absolute Gasteiger partial charge is 0.466 e. The Hall–Kier alpha value is -2.14. The number of furan rings is 1. The van der Waals surface area contributed by atoms with E-state index in [-0.39, 0.29) is 11.7 Å². The van der Waals surface area contributed by atoms with Gasteiger partial charge in [-0.15, -0.1) is 0 Å². The van der Waals surface area contributed by atoms with E-state index in [4.69, 9.17) is 4.42 Å².